The first kappa shape index (κ1) is 30.3. The van der Waals surface area contributed by atoms with E-state index in [4.69, 9.17) is 4.74 Å². The average molecular weight is 560 g/mol. The van der Waals surface area contributed by atoms with Crippen LogP contribution < -0.4 is 4.90 Å². The second kappa shape index (κ2) is 14.8. The minimum Gasteiger partial charge on any atom is -0.477 e. The van der Waals surface area contributed by atoms with Crippen molar-refractivity contribution in [3.05, 3.63) is 21.9 Å². The lowest BCUT2D eigenvalue weighted by molar-refractivity contribution is -0.123. The van der Waals surface area contributed by atoms with Gasteiger partial charge in [-0.05, 0) is 89.2 Å². The smallest absolute Gasteiger partial charge is 0.348 e. The Balaban J connectivity index is 1.52. The van der Waals surface area contributed by atoms with Gasteiger partial charge in [0.25, 0.3) is 0 Å². The van der Waals surface area contributed by atoms with Crippen LogP contribution in [0.15, 0.2) is 12.1 Å². The molecular weight excluding hydrogens is 510 g/mol. The number of carboxylic acids is 1. The second-order valence-electron chi connectivity index (χ2n) is 12.0. The van der Waals surface area contributed by atoms with E-state index in [0.29, 0.717) is 11.8 Å². The molecule has 218 valence electrons. The molecule has 1 aromatic heterocycles. The summed E-state index contributed by atoms with van der Waals surface area (Å²) in [5, 5.41) is 20.4. The topological polar surface area (TPSA) is 87.1 Å². The van der Waals surface area contributed by atoms with Crippen molar-refractivity contribution in [2.45, 2.75) is 147 Å². The molecule has 2 saturated carbocycles. The van der Waals surface area contributed by atoms with Crippen LogP contribution in [0.25, 0.3) is 5.57 Å². The highest BCUT2D eigenvalue weighted by atomic mass is 32.1. The molecule has 3 atom stereocenters. The number of carboxylic acid groups (broad SMARTS) is 1. The van der Waals surface area contributed by atoms with E-state index in [0.717, 1.165) is 87.5 Å². The van der Waals surface area contributed by atoms with Crippen LogP contribution in [0.2, 0.25) is 0 Å². The lowest BCUT2D eigenvalue weighted by Gasteiger charge is -2.34. The fraction of sp³-hybridized carbons (Fsp3) is 0.750. The Labute approximate surface area is 238 Å². The van der Waals surface area contributed by atoms with Crippen LogP contribution in [0, 0.1) is 5.92 Å². The number of nitrogens with zero attached hydrogens (tertiary/aromatic N) is 1. The molecule has 3 unspecified atom stereocenters. The number of thiophene rings is 1. The maximum atomic E-state index is 14.0. The third-order valence-corrected chi connectivity index (χ3v) is 10.2. The molecule has 3 aliphatic rings. The van der Waals surface area contributed by atoms with Gasteiger partial charge in [0.2, 0.25) is 5.91 Å². The van der Waals surface area contributed by atoms with E-state index < -0.39 is 12.1 Å². The zero-order valence-electron chi connectivity index (χ0n) is 24.0. The van der Waals surface area contributed by atoms with Crippen molar-refractivity contribution in [3.63, 3.8) is 0 Å². The molecular formula is C32H49NO5S. The minimum atomic E-state index is -0.987. The van der Waals surface area contributed by atoms with E-state index in [1.54, 1.807) is 0 Å². The van der Waals surface area contributed by atoms with Gasteiger partial charge in [-0.1, -0.05) is 51.5 Å². The molecule has 0 bridgehead atoms. The standard InChI is InChI=1S/C32H49NO5S/c1-3-26(38-27-17-8-5-9-18-27)19-10-12-22(2)33(31(35)23-13-6-4-7-14-23)28-21-29(39-30(28)32(36)37)24-15-11-16-25(34)20-24/h20-23,25-27,34H,3-19H2,1-2H3,(H,36,37). The number of carbonyl (C=O) groups is 2. The van der Waals surface area contributed by atoms with E-state index in [1.165, 1.54) is 43.4 Å². The number of carbonyl (C=O) groups excluding carboxylic acids is 1. The number of hydrogen-bond acceptors (Lipinski definition) is 5. The number of ether oxygens (including phenoxy) is 1. The van der Waals surface area contributed by atoms with Crippen LogP contribution in [-0.4, -0.2) is 46.4 Å². The highest BCUT2D eigenvalue weighted by Crippen LogP contribution is 2.40. The largest absolute Gasteiger partial charge is 0.477 e. The minimum absolute atomic E-state index is 0.0417. The quantitative estimate of drug-likeness (QED) is 0.271. The van der Waals surface area contributed by atoms with E-state index in [9.17, 15) is 19.8 Å². The van der Waals surface area contributed by atoms with Gasteiger partial charge in [0, 0.05) is 16.8 Å². The summed E-state index contributed by atoms with van der Waals surface area (Å²) in [6.45, 7) is 4.27. The summed E-state index contributed by atoms with van der Waals surface area (Å²) in [6.07, 6.45) is 19.4. The lowest BCUT2D eigenvalue weighted by Crippen LogP contribution is -2.43. The summed E-state index contributed by atoms with van der Waals surface area (Å²) in [6, 6.07) is 1.81. The third kappa shape index (κ3) is 8.17. The Morgan fingerprint density at radius 3 is 2.36 bits per heavy atom. The normalized spacial score (nSPS) is 22.7. The van der Waals surface area contributed by atoms with Crippen molar-refractivity contribution >= 4 is 34.5 Å². The van der Waals surface area contributed by atoms with Crippen molar-refractivity contribution in [1.29, 1.82) is 0 Å². The molecule has 0 saturated heterocycles. The number of allylic oxidation sites excluding steroid dienone is 1. The number of aromatic carboxylic acids is 1. The van der Waals surface area contributed by atoms with E-state index >= 15 is 0 Å². The average Bonchev–Trinajstić information content (AvgIpc) is 3.39. The Morgan fingerprint density at radius 1 is 1.03 bits per heavy atom. The van der Waals surface area contributed by atoms with Gasteiger partial charge < -0.3 is 19.8 Å². The maximum absolute atomic E-state index is 14.0. The van der Waals surface area contributed by atoms with E-state index in [-0.39, 0.29) is 28.8 Å². The summed E-state index contributed by atoms with van der Waals surface area (Å²) in [5.41, 5.74) is 1.54. The summed E-state index contributed by atoms with van der Waals surface area (Å²) >= 11 is 1.24. The van der Waals surface area contributed by atoms with Crippen LogP contribution in [0.1, 0.15) is 138 Å². The first-order valence-electron chi connectivity index (χ1n) is 15.6. The fourth-order valence-electron chi connectivity index (χ4n) is 6.71. The molecule has 4 rings (SSSR count). The van der Waals surface area contributed by atoms with Crippen LogP contribution in [-0.2, 0) is 9.53 Å². The molecule has 2 fully saturated rings. The molecule has 0 aliphatic heterocycles. The molecule has 1 aromatic rings. The summed E-state index contributed by atoms with van der Waals surface area (Å²) < 4.78 is 6.46. The van der Waals surface area contributed by atoms with Gasteiger partial charge in [0.15, 0.2) is 0 Å². The fourth-order valence-corrected chi connectivity index (χ4v) is 7.75. The molecule has 3 aliphatic carbocycles. The van der Waals surface area contributed by atoms with Crippen molar-refractivity contribution < 1.29 is 24.5 Å². The summed E-state index contributed by atoms with van der Waals surface area (Å²) in [5.74, 6) is -0.948. The van der Waals surface area contributed by atoms with Crippen LogP contribution in [0.3, 0.4) is 0 Å². The zero-order chi connectivity index (χ0) is 27.8. The van der Waals surface area contributed by atoms with Gasteiger partial charge >= 0.3 is 5.97 Å². The van der Waals surface area contributed by atoms with Gasteiger partial charge in [-0.2, -0.15) is 0 Å². The van der Waals surface area contributed by atoms with Gasteiger partial charge in [0.05, 0.1) is 24.0 Å². The Hall–Kier alpha value is -1.70. The number of amides is 1. The molecule has 0 radical (unpaired) electrons. The molecule has 0 spiro atoms. The Morgan fingerprint density at radius 2 is 1.72 bits per heavy atom. The predicted octanol–water partition coefficient (Wildman–Crippen LogP) is 7.97. The second-order valence-corrected chi connectivity index (χ2v) is 13.1. The molecule has 0 aromatic carbocycles. The van der Waals surface area contributed by atoms with Crippen molar-refractivity contribution in [2.24, 2.45) is 5.92 Å². The number of anilines is 1. The van der Waals surface area contributed by atoms with Gasteiger partial charge in [-0.3, -0.25) is 4.79 Å². The highest BCUT2D eigenvalue weighted by Gasteiger charge is 2.34. The Kier molecular flexibility index (Phi) is 11.5. The summed E-state index contributed by atoms with van der Waals surface area (Å²) in [4.78, 5) is 29.4. The number of aliphatic hydroxyl groups excluding tert-OH is 1. The van der Waals surface area contributed by atoms with Crippen LogP contribution in [0.5, 0.6) is 0 Å². The Bertz CT molecular complexity index is 975. The van der Waals surface area contributed by atoms with Crippen LogP contribution in [0.4, 0.5) is 5.69 Å². The SMILES string of the molecule is CCC(CCCC(C)N(C(=O)C1CCCCC1)c1cc(C2=CC(O)CCC2)sc1C(=O)O)OC1CCCCC1. The zero-order valence-corrected chi connectivity index (χ0v) is 24.9. The van der Waals surface area contributed by atoms with Crippen molar-refractivity contribution in [2.75, 3.05) is 4.90 Å². The van der Waals surface area contributed by atoms with Crippen LogP contribution >= 0.6 is 11.3 Å². The van der Waals surface area contributed by atoms with Gasteiger partial charge in [-0.25, -0.2) is 4.79 Å². The molecule has 39 heavy (non-hydrogen) atoms. The van der Waals surface area contributed by atoms with Gasteiger partial charge in [-0.15, -0.1) is 11.3 Å². The molecule has 1 heterocycles. The number of rotatable bonds is 12. The monoisotopic (exact) mass is 559 g/mol. The number of aliphatic hydroxyl groups is 1. The lowest BCUT2D eigenvalue weighted by atomic mass is 9.87. The predicted molar refractivity (Wildman–Crippen MR) is 159 cm³/mol. The third-order valence-electron chi connectivity index (χ3n) is 9.00. The number of hydrogen-bond donors (Lipinski definition) is 2. The maximum Gasteiger partial charge on any atom is 0.348 e. The highest BCUT2D eigenvalue weighted by molar-refractivity contribution is 7.15. The molecule has 7 heteroatoms. The summed E-state index contributed by atoms with van der Waals surface area (Å²) in [7, 11) is 0. The molecule has 2 N–H and O–H groups in total. The van der Waals surface area contributed by atoms with E-state index in [1.807, 2.05) is 17.0 Å². The first-order chi connectivity index (χ1) is 18.9. The first-order valence-corrected chi connectivity index (χ1v) is 16.4. The van der Waals surface area contributed by atoms with E-state index in [2.05, 4.69) is 13.8 Å². The molecule has 1 amide bonds. The van der Waals surface area contributed by atoms with Crippen molar-refractivity contribution in [1.82, 2.24) is 0 Å². The molecule has 6 nitrogen and oxygen atoms in total. The van der Waals surface area contributed by atoms with Gasteiger partial charge in [0.1, 0.15) is 4.88 Å². The van der Waals surface area contributed by atoms with Crippen molar-refractivity contribution in [3.8, 4) is 0 Å².